The summed E-state index contributed by atoms with van der Waals surface area (Å²) in [5.41, 5.74) is 7.09. The molecule has 6 nitrogen and oxygen atoms in total. The summed E-state index contributed by atoms with van der Waals surface area (Å²) in [6, 6.07) is 11.2. The van der Waals surface area contributed by atoms with Crippen molar-refractivity contribution in [3.63, 3.8) is 0 Å². The van der Waals surface area contributed by atoms with Gasteiger partial charge in [-0.15, -0.1) is 0 Å². The van der Waals surface area contributed by atoms with Crippen molar-refractivity contribution >= 4 is 23.4 Å². The van der Waals surface area contributed by atoms with Gasteiger partial charge in [0.15, 0.2) is 0 Å². The fraction of sp³-hybridized carbons (Fsp3) is 0.545. The van der Waals surface area contributed by atoms with E-state index < -0.39 is 0 Å². The van der Waals surface area contributed by atoms with Gasteiger partial charge >= 0.3 is 0 Å². The first-order valence-electron chi connectivity index (χ1n) is 10.5. The first kappa shape index (κ1) is 20.4. The van der Waals surface area contributed by atoms with Gasteiger partial charge < -0.3 is 15.4 Å². The van der Waals surface area contributed by atoms with E-state index in [1.54, 1.807) is 6.20 Å². The van der Waals surface area contributed by atoms with Crippen LogP contribution in [0.1, 0.15) is 31.7 Å². The van der Waals surface area contributed by atoms with Crippen LogP contribution in [-0.2, 0) is 11.2 Å². The van der Waals surface area contributed by atoms with E-state index in [9.17, 15) is 0 Å². The Labute approximate surface area is 178 Å². The van der Waals surface area contributed by atoms with Crippen LogP contribution in [0, 0.1) is 0 Å². The number of nitrogens with zero attached hydrogens (tertiary/aromatic N) is 4. The van der Waals surface area contributed by atoms with Crippen molar-refractivity contribution in [2.45, 2.75) is 50.8 Å². The molecule has 2 fully saturated rings. The van der Waals surface area contributed by atoms with Crippen LogP contribution in [0.15, 0.2) is 36.5 Å². The molecule has 3 heterocycles. The zero-order valence-corrected chi connectivity index (χ0v) is 17.8. The van der Waals surface area contributed by atoms with Crippen LogP contribution < -0.4 is 10.6 Å². The van der Waals surface area contributed by atoms with Gasteiger partial charge in [-0.3, -0.25) is 4.90 Å². The molecule has 0 bridgehead atoms. The molecule has 2 aliphatic rings. The van der Waals surface area contributed by atoms with E-state index in [0.29, 0.717) is 24.1 Å². The Morgan fingerprint density at radius 2 is 1.93 bits per heavy atom. The molecule has 0 amide bonds. The van der Waals surface area contributed by atoms with Crippen LogP contribution in [0.4, 0.5) is 11.8 Å². The van der Waals surface area contributed by atoms with Crippen molar-refractivity contribution in [3.8, 4) is 0 Å². The van der Waals surface area contributed by atoms with Crippen molar-refractivity contribution in [1.82, 2.24) is 14.9 Å². The number of anilines is 2. The minimum atomic E-state index is 0.293. The minimum Gasteiger partial charge on any atom is -0.376 e. The third-order valence-corrected chi connectivity index (χ3v) is 6.36. The first-order chi connectivity index (χ1) is 14.1. The topological polar surface area (TPSA) is 67.5 Å². The average Bonchev–Trinajstić information content (AvgIpc) is 2.74. The molecule has 0 spiro atoms. The van der Waals surface area contributed by atoms with E-state index in [-0.39, 0.29) is 0 Å². The second-order valence-corrected chi connectivity index (χ2v) is 8.59. The van der Waals surface area contributed by atoms with Gasteiger partial charge in [0, 0.05) is 42.9 Å². The third kappa shape index (κ3) is 5.18. The quantitative estimate of drug-likeness (QED) is 0.807. The number of ether oxygens (including phenoxy) is 1. The number of benzene rings is 1. The van der Waals surface area contributed by atoms with Crippen LogP contribution in [0.25, 0.3) is 0 Å². The Balaban J connectivity index is 1.36. The predicted octanol–water partition coefficient (Wildman–Crippen LogP) is 3.40. The largest absolute Gasteiger partial charge is 0.376 e. The summed E-state index contributed by atoms with van der Waals surface area (Å²) in [4.78, 5) is 13.4. The Morgan fingerprint density at radius 1 is 1.17 bits per heavy atom. The fourth-order valence-corrected chi connectivity index (χ4v) is 4.64. The van der Waals surface area contributed by atoms with E-state index in [0.717, 1.165) is 62.8 Å². The standard InChI is InChI=1S/C22H30ClN5O/c1-16-14-28(20(15-29-16)7-4-17-2-5-18(23)6-3-17)19-9-12-27(13-10-19)21-8-11-25-22(24)26-21/h2-3,5-6,8,11,16,19-20H,4,7,9-10,12-15H2,1H3,(H2,24,25,26)/t16-,20-/m0/s1. The smallest absolute Gasteiger partial charge is 0.221 e. The molecule has 29 heavy (non-hydrogen) atoms. The maximum atomic E-state index is 6.02. The number of hydrogen-bond acceptors (Lipinski definition) is 6. The summed E-state index contributed by atoms with van der Waals surface area (Å²) < 4.78 is 6.02. The summed E-state index contributed by atoms with van der Waals surface area (Å²) in [7, 11) is 0. The van der Waals surface area contributed by atoms with Crippen LogP contribution >= 0.6 is 11.6 Å². The maximum absolute atomic E-state index is 6.02. The van der Waals surface area contributed by atoms with Gasteiger partial charge in [0.25, 0.3) is 0 Å². The maximum Gasteiger partial charge on any atom is 0.221 e. The van der Waals surface area contributed by atoms with Crippen molar-refractivity contribution in [2.75, 3.05) is 36.9 Å². The molecule has 2 aliphatic heterocycles. The summed E-state index contributed by atoms with van der Waals surface area (Å²) >= 11 is 6.02. The molecule has 0 aliphatic carbocycles. The third-order valence-electron chi connectivity index (χ3n) is 6.11. The molecule has 156 valence electrons. The number of nitrogens with two attached hydrogens (primary N) is 1. The zero-order chi connectivity index (χ0) is 20.2. The SMILES string of the molecule is C[C@H]1CN(C2CCN(c3ccnc(N)n3)CC2)[C@@H](CCc2ccc(Cl)cc2)CO1. The number of morpholine rings is 1. The number of rotatable bonds is 5. The predicted molar refractivity (Wildman–Crippen MR) is 117 cm³/mol. The van der Waals surface area contributed by atoms with Crippen molar-refractivity contribution in [3.05, 3.63) is 47.1 Å². The first-order valence-corrected chi connectivity index (χ1v) is 10.9. The van der Waals surface area contributed by atoms with Crippen LogP contribution in [0.2, 0.25) is 5.02 Å². The van der Waals surface area contributed by atoms with Crippen molar-refractivity contribution in [2.24, 2.45) is 0 Å². The summed E-state index contributed by atoms with van der Waals surface area (Å²) in [5.74, 6) is 1.28. The zero-order valence-electron chi connectivity index (χ0n) is 17.0. The fourth-order valence-electron chi connectivity index (χ4n) is 4.52. The second-order valence-electron chi connectivity index (χ2n) is 8.15. The van der Waals surface area contributed by atoms with Gasteiger partial charge in [0.2, 0.25) is 5.95 Å². The van der Waals surface area contributed by atoms with Crippen molar-refractivity contribution < 1.29 is 4.74 Å². The van der Waals surface area contributed by atoms with E-state index in [4.69, 9.17) is 22.1 Å². The molecule has 0 radical (unpaired) electrons. The van der Waals surface area contributed by atoms with Crippen LogP contribution in [0.3, 0.4) is 0 Å². The number of hydrogen-bond donors (Lipinski definition) is 1. The van der Waals surface area contributed by atoms with Crippen molar-refractivity contribution in [1.29, 1.82) is 0 Å². The minimum absolute atomic E-state index is 0.293. The molecule has 0 saturated carbocycles. The van der Waals surface area contributed by atoms with Gasteiger partial charge in [-0.25, -0.2) is 4.98 Å². The molecule has 4 rings (SSSR count). The molecular weight excluding hydrogens is 386 g/mol. The Morgan fingerprint density at radius 3 is 2.66 bits per heavy atom. The lowest BCUT2D eigenvalue weighted by molar-refractivity contribution is -0.0767. The Hall–Kier alpha value is -1.89. The molecule has 7 heteroatoms. The summed E-state index contributed by atoms with van der Waals surface area (Å²) in [5, 5.41) is 0.794. The molecule has 0 unspecified atom stereocenters. The lowest BCUT2D eigenvalue weighted by atomic mass is 9.96. The average molecular weight is 416 g/mol. The van der Waals surface area contributed by atoms with Crippen LogP contribution in [-0.4, -0.2) is 59.3 Å². The monoisotopic (exact) mass is 415 g/mol. The Kier molecular flexibility index (Phi) is 6.53. The number of piperidine rings is 1. The highest BCUT2D eigenvalue weighted by Crippen LogP contribution is 2.27. The highest BCUT2D eigenvalue weighted by atomic mass is 35.5. The van der Waals surface area contributed by atoms with Gasteiger partial charge in [-0.2, -0.15) is 4.98 Å². The van der Waals surface area contributed by atoms with Gasteiger partial charge in [0.05, 0.1) is 12.7 Å². The van der Waals surface area contributed by atoms with E-state index in [1.165, 1.54) is 5.56 Å². The van der Waals surface area contributed by atoms with E-state index in [1.807, 2.05) is 18.2 Å². The van der Waals surface area contributed by atoms with Gasteiger partial charge in [-0.1, -0.05) is 23.7 Å². The lowest BCUT2D eigenvalue weighted by Crippen LogP contribution is -2.56. The summed E-state index contributed by atoms with van der Waals surface area (Å²) in [6.07, 6.45) is 6.45. The number of aryl methyl sites for hydroxylation is 1. The van der Waals surface area contributed by atoms with E-state index in [2.05, 4.69) is 38.8 Å². The molecule has 2 atom stereocenters. The molecule has 2 N–H and O–H groups in total. The lowest BCUT2D eigenvalue weighted by Gasteiger charge is -2.46. The number of halogens is 1. The van der Waals surface area contributed by atoms with Gasteiger partial charge in [-0.05, 0) is 56.4 Å². The summed E-state index contributed by atoms with van der Waals surface area (Å²) in [6.45, 7) is 6.00. The molecule has 1 aromatic carbocycles. The second kappa shape index (κ2) is 9.28. The molecule has 2 aromatic rings. The number of nitrogen functional groups attached to an aromatic ring is 1. The van der Waals surface area contributed by atoms with E-state index >= 15 is 0 Å². The highest BCUT2D eigenvalue weighted by Gasteiger charge is 2.34. The van der Waals surface area contributed by atoms with Gasteiger partial charge in [0.1, 0.15) is 5.82 Å². The Bertz CT molecular complexity index is 794. The normalized spacial score (nSPS) is 24.0. The van der Waals surface area contributed by atoms with Crippen LogP contribution in [0.5, 0.6) is 0 Å². The number of aromatic nitrogens is 2. The molecule has 2 saturated heterocycles. The highest BCUT2D eigenvalue weighted by molar-refractivity contribution is 6.30. The molecular formula is C22H30ClN5O. The molecule has 1 aromatic heterocycles.